The Morgan fingerprint density at radius 3 is 2.61 bits per heavy atom. The van der Waals surface area contributed by atoms with Gasteiger partial charge in [-0.2, -0.15) is 0 Å². The van der Waals surface area contributed by atoms with Crippen LogP contribution in [-0.2, 0) is 4.74 Å². The van der Waals surface area contributed by atoms with Crippen LogP contribution in [0.3, 0.4) is 0 Å². The summed E-state index contributed by atoms with van der Waals surface area (Å²) < 4.78 is 5.71. The van der Waals surface area contributed by atoms with E-state index in [-0.39, 0.29) is 0 Å². The van der Waals surface area contributed by atoms with Crippen LogP contribution >= 0.6 is 0 Å². The van der Waals surface area contributed by atoms with Crippen molar-refractivity contribution in [2.24, 2.45) is 5.92 Å². The number of ether oxygens (including phenoxy) is 1. The van der Waals surface area contributed by atoms with E-state index in [1.54, 1.807) is 0 Å². The predicted octanol–water partition coefficient (Wildman–Crippen LogP) is 2.02. The molecule has 3 nitrogen and oxygen atoms in total. The van der Waals surface area contributed by atoms with E-state index in [2.05, 4.69) is 17.1 Å². The van der Waals surface area contributed by atoms with E-state index >= 15 is 0 Å². The highest BCUT2D eigenvalue weighted by Crippen LogP contribution is 2.35. The highest BCUT2D eigenvalue weighted by Gasteiger charge is 2.37. The van der Waals surface area contributed by atoms with Crippen molar-refractivity contribution in [1.82, 2.24) is 10.2 Å². The van der Waals surface area contributed by atoms with E-state index in [4.69, 9.17) is 4.74 Å². The first-order chi connectivity index (χ1) is 8.85. The van der Waals surface area contributed by atoms with Gasteiger partial charge in [0.25, 0.3) is 0 Å². The zero-order valence-corrected chi connectivity index (χ0v) is 11.7. The largest absolute Gasteiger partial charge is 0.378 e. The number of hydrogen-bond acceptors (Lipinski definition) is 3. The van der Waals surface area contributed by atoms with Crippen LogP contribution in [0.4, 0.5) is 0 Å². The maximum atomic E-state index is 5.71. The fourth-order valence-corrected chi connectivity index (χ4v) is 3.41. The topological polar surface area (TPSA) is 24.5 Å². The molecule has 0 amide bonds. The Morgan fingerprint density at radius 1 is 1.17 bits per heavy atom. The summed E-state index contributed by atoms with van der Waals surface area (Å²) in [5.74, 6) is 1.01. The molecule has 2 aliphatic carbocycles. The quantitative estimate of drug-likeness (QED) is 0.750. The number of rotatable bonds is 7. The number of hydrogen-bond donors (Lipinski definition) is 1. The Hall–Kier alpha value is -0.120. The van der Waals surface area contributed by atoms with Crippen molar-refractivity contribution in [1.29, 1.82) is 0 Å². The fourth-order valence-electron chi connectivity index (χ4n) is 3.41. The second kappa shape index (κ2) is 5.89. The van der Waals surface area contributed by atoms with Crippen LogP contribution in [0.1, 0.15) is 45.4 Å². The summed E-state index contributed by atoms with van der Waals surface area (Å²) in [6, 6.07) is 1.57. The lowest BCUT2D eigenvalue weighted by Gasteiger charge is -2.43. The van der Waals surface area contributed by atoms with Gasteiger partial charge in [-0.15, -0.1) is 0 Å². The molecule has 1 saturated heterocycles. The average Bonchev–Trinajstić information content (AvgIpc) is 2.97. The SMILES string of the molecule is CCOC1CC(N(CC2CC2)CC2CCCN2)C1. The number of nitrogens with one attached hydrogen (secondary N) is 1. The smallest absolute Gasteiger partial charge is 0.0604 e. The van der Waals surface area contributed by atoms with Gasteiger partial charge in [0.2, 0.25) is 0 Å². The Bertz CT molecular complexity index is 255. The molecule has 3 rings (SSSR count). The number of nitrogens with zero attached hydrogens (tertiary/aromatic N) is 1. The standard InChI is InChI=1S/C15H28N2O/c1-2-18-15-8-14(9-15)17(10-12-5-6-12)11-13-4-3-7-16-13/h12-16H,2-11H2,1H3. The molecule has 0 aromatic carbocycles. The van der Waals surface area contributed by atoms with Gasteiger partial charge in [-0.05, 0) is 57.9 Å². The van der Waals surface area contributed by atoms with Gasteiger partial charge in [0, 0.05) is 31.8 Å². The van der Waals surface area contributed by atoms with Crippen LogP contribution in [0.25, 0.3) is 0 Å². The maximum absolute atomic E-state index is 5.71. The van der Waals surface area contributed by atoms with Gasteiger partial charge in [-0.25, -0.2) is 0 Å². The molecule has 0 aromatic heterocycles. The minimum absolute atomic E-state index is 0.554. The molecule has 18 heavy (non-hydrogen) atoms. The first-order valence-corrected chi connectivity index (χ1v) is 7.94. The van der Waals surface area contributed by atoms with Gasteiger partial charge in [-0.3, -0.25) is 4.90 Å². The van der Waals surface area contributed by atoms with Gasteiger partial charge in [0.1, 0.15) is 0 Å². The van der Waals surface area contributed by atoms with Crippen LogP contribution < -0.4 is 5.32 Å². The molecule has 1 atom stereocenters. The summed E-state index contributed by atoms with van der Waals surface area (Å²) in [5.41, 5.74) is 0. The van der Waals surface area contributed by atoms with Gasteiger partial charge in [0.15, 0.2) is 0 Å². The van der Waals surface area contributed by atoms with E-state index in [1.807, 2.05) is 0 Å². The monoisotopic (exact) mass is 252 g/mol. The Balaban J connectivity index is 1.46. The first kappa shape index (κ1) is 12.9. The summed E-state index contributed by atoms with van der Waals surface area (Å²) in [6.07, 6.45) is 8.78. The lowest BCUT2D eigenvalue weighted by molar-refractivity contribution is -0.0490. The summed E-state index contributed by atoms with van der Waals surface area (Å²) in [4.78, 5) is 2.77. The molecule has 3 aliphatic rings. The van der Waals surface area contributed by atoms with Crippen molar-refractivity contribution >= 4 is 0 Å². The first-order valence-electron chi connectivity index (χ1n) is 7.94. The van der Waals surface area contributed by atoms with Crippen molar-refractivity contribution in [3.8, 4) is 0 Å². The third kappa shape index (κ3) is 3.25. The maximum Gasteiger partial charge on any atom is 0.0604 e. The van der Waals surface area contributed by atoms with E-state index < -0.39 is 0 Å². The van der Waals surface area contributed by atoms with Gasteiger partial charge < -0.3 is 10.1 Å². The van der Waals surface area contributed by atoms with Crippen molar-refractivity contribution in [3.63, 3.8) is 0 Å². The second-order valence-electron chi connectivity index (χ2n) is 6.39. The van der Waals surface area contributed by atoms with Crippen molar-refractivity contribution in [2.75, 3.05) is 26.2 Å². The normalized spacial score (nSPS) is 36.0. The minimum atomic E-state index is 0.554. The molecule has 104 valence electrons. The van der Waals surface area contributed by atoms with Crippen molar-refractivity contribution in [3.05, 3.63) is 0 Å². The van der Waals surface area contributed by atoms with Crippen LogP contribution in [0, 0.1) is 5.92 Å². The van der Waals surface area contributed by atoms with Crippen LogP contribution in [0.5, 0.6) is 0 Å². The van der Waals surface area contributed by atoms with Crippen molar-refractivity contribution < 1.29 is 4.74 Å². The molecule has 1 N–H and O–H groups in total. The zero-order valence-electron chi connectivity index (χ0n) is 11.7. The molecular formula is C15H28N2O. The van der Waals surface area contributed by atoms with E-state index in [9.17, 15) is 0 Å². The third-order valence-electron chi connectivity index (χ3n) is 4.80. The molecule has 0 spiro atoms. The lowest BCUT2D eigenvalue weighted by Crippen LogP contribution is -2.52. The summed E-state index contributed by atoms with van der Waals surface area (Å²) in [5, 5.41) is 3.65. The van der Waals surface area contributed by atoms with Gasteiger partial charge in [-0.1, -0.05) is 0 Å². The van der Waals surface area contributed by atoms with Crippen LogP contribution in [0.2, 0.25) is 0 Å². The second-order valence-corrected chi connectivity index (χ2v) is 6.39. The fraction of sp³-hybridized carbons (Fsp3) is 1.00. The Kier molecular flexibility index (Phi) is 4.22. The molecule has 3 fully saturated rings. The van der Waals surface area contributed by atoms with E-state index in [0.717, 1.165) is 24.6 Å². The molecule has 1 unspecified atom stereocenters. The van der Waals surface area contributed by atoms with Crippen LogP contribution in [0.15, 0.2) is 0 Å². The van der Waals surface area contributed by atoms with E-state index in [1.165, 1.54) is 58.2 Å². The minimum Gasteiger partial charge on any atom is -0.378 e. The third-order valence-corrected chi connectivity index (χ3v) is 4.80. The molecule has 1 heterocycles. The predicted molar refractivity (Wildman–Crippen MR) is 73.8 cm³/mol. The van der Waals surface area contributed by atoms with E-state index in [0.29, 0.717) is 6.10 Å². The molecule has 0 bridgehead atoms. The Morgan fingerprint density at radius 2 is 2.00 bits per heavy atom. The van der Waals surface area contributed by atoms with Gasteiger partial charge >= 0.3 is 0 Å². The van der Waals surface area contributed by atoms with Crippen molar-refractivity contribution in [2.45, 2.75) is 63.6 Å². The van der Waals surface area contributed by atoms with Crippen LogP contribution in [-0.4, -0.2) is 49.3 Å². The molecule has 3 heteroatoms. The summed E-state index contributed by atoms with van der Waals surface area (Å²) in [7, 11) is 0. The molecule has 0 radical (unpaired) electrons. The molecule has 1 aliphatic heterocycles. The summed E-state index contributed by atoms with van der Waals surface area (Å²) in [6.45, 7) is 6.85. The zero-order chi connectivity index (χ0) is 12.4. The summed E-state index contributed by atoms with van der Waals surface area (Å²) >= 11 is 0. The molecule has 0 aromatic rings. The molecular weight excluding hydrogens is 224 g/mol. The average molecular weight is 252 g/mol. The van der Waals surface area contributed by atoms with Gasteiger partial charge in [0.05, 0.1) is 6.10 Å². The highest BCUT2D eigenvalue weighted by molar-refractivity contribution is 4.92. The lowest BCUT2D eigenvalue weighted by atomic mass is 9.87. The highest BCUT2D eigenvalue weighted by atomic mass is 16.5. The molecule has 2 saturated carbocycles. The Labute approximate surface area is 111 Å².